The van der Waals surface area contributed by atoms with Crippen LogP contribution < -0.4 is 5.73 Å². The number of nitrogens with two attached hydrogens (primary N) is 1. The molecule has 0 amide bonds. The van der Waals surface area contributed by atoms with Gasteiger partial charge in [-0.15, -0.1) is 0 Å². The van der Waals surface area contributed by atoms with Crippen molar-refractivity contribution in [2.24, 2.45) is 0 Å². The van der Waals surface area contributed by atoms with Crippen LogP contribution in [-0.2, 0) is 0 Å². The van der Waals surface area contributed by atoms with Gasteiger partial charge in [0.25, 0.3) is 0 Å². The summed E-state index contributed by atoms with van der Waals surface area (Å²) in [7, 11) is 0. The zero-order chi connectivity index (χ0) is 11.8. The first-order valence-electron chi connectivity index (χ1n) is 5.42. The molecule has 2 heterocycles. The molecular formula is C13H12N4. The predicted molar refractivity (Wildman–Crippen MR) is 67.6 cm³/mol. The average molecular weight is 224 g/mol. The van der Waals surface area contributed by atoms with Crippen LogP contribution in [0.3, 0.4) is 0 Å². The smallest absolute Gasteiger partial charge is 0.222 e. The van der Waals surface area contributed by atoms with E-state index in [4.69, 9.17) is 5.73 Å². The summed E-state index contributed by atoms with van der Waals surface area (Å²) in [5, 5.41) is 4.28. The van der Waals surface area contributed by atoms with E-state index in [2.05, 4.69) is 10.1 Å². The summed E-state index contributed by atoms with van der Waals surface area (Å²) in [5.74, 6) is 0.412. The van der Waals surface area contributed by atoms with Crippen LogP contribution in [0.1, 0.15) is 5.69 Å². The van der Waals surface area contributed by atoms with Gasteiger partial charge in [0.2, 0.25) is 5.95 Å². The number of benzene rings is 1. The van der Waals surface area contributed by atoms with Gasteiger partial charge in [0.1, 0.15) is 0 Å². The van der Waals surface area contributed by atoms with Gasteiger partial charge in [-0.05, 0) is 19.1 Å². The van der Waals surface area contributed by atoms with E-state index >= 15 is 0 Å². The van der Waals surface area contributed by atoms with Crippen LogP contribution >= 0.6 is 0 Å². The van der Waals surface area contributed by atoms with Gasteiger partial charge >= 0.3 is 0 Å². The number of rotatable bonds is 1. The number of fused-ring (bicyclic) bond motifs is 1. The molecule has 0 fully saturated rings. The van der Waals surface area contributed by atoms with E-state index in [-0.39, 0.29) is 0 Å². The maximum Gasteiger partial charge on any atom is 0.222 e. The molecule has 0 saturated heterocycles. The topological polar surface area (TPSA) is 56.2 Å². The van der Waals surface area contributed by atoms with Crippen molar-refractivity contribution in [1.82, 2.24) is 14.6 Å². The molecule has 1 aromatic carbocycles. The summed E-state index contributed by atoms with van der Waals surface area (Å²) in [4.78, 5) is 4.36. The number of aryl methyl sites for hydroxylation is 1. The van der Waals surface area contributed by atoms with Crippen LogP contribution in [-0.4, -0.2) is 14.6 Å². The van der Waals surface area contributed by atoms with Crippen LogP contribution in [0.4, 0.5) is 5.95 Å². The Morgan fingerprint density at radius 1 is 1.12 bits per heavy atom. The van der Waals surface area contributed by atoms with Crippen LogP contribution in [0.5, 0.6) is 0 Å². The van der Waals surface area contributed by atoms with Gasteiger partial charge in [0, 0.05) is 5.56 Å². The molecule has 2 aromatic heterocycles. The fourth-order valence-corrected chi connectivity index (χ4v) is 1.91. The van der Waals surface area contributed by atoms with Crippen molar-refractivity contribution < 1.29 is 0 Å². The van der Waals surface area contributed by atoms with E-state index in [1.165, 1.54) is 0 Å². The Bertz CT molecular complexity index is 670. The highest BCUT2D eigenvalue weighted by molar-refractivity contribution is 5.67. The highest BCUT2D eigenvalue weighted by atomic mass is 15.3. The van der Waals surface area contributed by atoms with Gasteiger partial charge < -0.3 is 5.73 Å². The molecule has 4 heteroatoms. The lowest BCUT2D eigenvalue weighted by atomic mass is 10.1. The van der Waals surface area contributed by atoms with Crippen molar-refractivity contribution >= 4 is 11.5 Å². The van der Waals surface area contributed by atoms with Gasteiger partial charge in [-0.25, -0.2) is 9.50 Å². The zero-order valence-electron chi connectivity index (χ0n) is 9.46. The van der Waals surface area contributed by atoms with Crippen LogP contribution in [0.15, 0.2) is 42.5 Å². The van der Waals surface area contributed by atoms with E-state index in [9.17, 15) is 0 Å². The molecule has 0 unspecified atom stereocenters. The standard InChI is InChI=1S/C13H12N4/c1-9-7-11-8-12(10-5-3-2-4-6-10)15-13(14)17(11)16-9/h2-8H,1H3,(H2,14,15). The lowest BCUT2D eigenvalue weighted by Gasteiger charge is -2.03. The zero-order valence-corrected chi connectivity index (χ0v) is 9.46. The van der Waals surface area contributed by atoms with Crippen molar-refractivity contribution in [3.05, 3.63) is 48.2 Å². The molecule has 17 heavy (non-hydrogen) atoms. The summed E-state index contributed by atoms with van der Waals surface area (Å²) in [6, 6.07) is 14.0. The molecule has 4 nitrogen and oxygen atoms in total. The van der Waals surface area contributed by atoms with Gasteiger partial charge in [0.15, 0.2) is 0 Å². The number of nitrogen functional groups attached to an aromatic ring is 1. The first kappa shape index (κ1) is 9.84. The number of aromatic nitrogens is 3. The molecule has 2 N–H and O–H groups in total. The molecule has 0 atom stereocenters. The molecule has 3 aromatic rings. The Morgan fingerprint density at radius 2 is 1.88 bits per heavy atom. The van der Waals surface area contributed by atoms with E-state index < -0.39 is 0 Å². The first-order valence-corrected chi connectivity index (χ1v) is 5.42. The summed E-state index contributed by atoms with van der Waals surface area (Å²) in [5.41, 5.74) is 9.72. The number of hydrogen-bond acceptors (Lipinski definition) is 3. The number of hydrogen-bond donors (Lipinski definition) is 1. The third-order valence-electron chi connectivity index (χ3n) is 2.67. The van der Waals surface area contributed by atoms with Crippen molar-refractivity contribution in [3.63, 3.8) is 0 Å². The molecule has 0 aliphatic carbocycles. The molecule has 0 saturated carbocycles. The SMILES string of the molecule is Cc1cc2cc(-c3ccccc3)nc(N)n2n1. The molecule has 3 rings (SSSR count). The molecular weight excluding hydrogens is 212 g/mol. The minimum absolute atomic E-state index is 0.412. The monoisotopic (exact) mass is 224 g/mol. The van der Waals surface area contributed by atoms with Crippen LogP contribution in [0.25, 0.3) is 16.8 Å². The maximum absolute atomic E-state index is 5.90. The summed E-state index contributed by atoms with van der Waals surface area (Å²) in [6.07, 6.45) is 0. The largest absolute Gasteiger partial charge is 0.368 e. The Balaban J connectivity index is 2.25. The minimum Gasteiger partial charge on any atom is -0.368 e. The first-order chi connectivity index (χ1) is 8.24. The second-order valence-corrected chi connectivity index (χ2v) is 3.99. The van der Waals surface area contributed by atoms with Crippen molar-refractivity contribution in [2.45, 2.75) is 6.92 Å². The third-order valence-corrected chi connectivity index (χ3v) is 2.67. The average Bonchev–Trinajstić information content (AvgIpc) is 2.71. The minimum atomic E-state index is 0.412. The fourth-order valence-electron chi connectivity index (χ4n) is 1.91. The lowest BCUT2D eigenvalue weighted by Crippen LogP contribution is -2.02. The Kier molecular flexibility index (Phi) is 2.08. The second-order valence-electron chi connectivity index (χ2n) is 3.99. The quantitative estimate of drug-likeness (QED) is 0.690. The molecule has 0 bridgehead atoms. The van der Waals surface area contributed by atoms with E-state index in [0.717, 1.165) is 22.5 Å². The predicted octanol–water partition coefficient (Wildman–Crippen LogP) is 2.29. The van der Waals surface area contributed by atoms with Gasteiger partial charge in [-0.1, -0.05) is 30.3 Å². The Hall–Kier alpha value is -2.36. The third kappa shape index (κ3) is 1.63. The highest BCUT2D eigenvalue weighted by Gasteiger charge is 2.06. The number of nitrogens with zero attached hydrogens (tertiary/aromatic N) is 3. The maximum atomic E-state index is 5.90. The molecule has 0 aliphatic heterocycles. The van der Waals surface area contributed by atoms with E-state index in [0.29, 0.717) is 5.95 Å². The van der Waals surface area contributed by atoms with E-state index in [1.54, 1.807) is 4.52 Å². The molecule has 0 aliphatic rings. The number of anilines is 1. The van der Waals surface area contributed by atoms with E-state index in [1.807, 2.05) is 49.4 Å². The second kappa shape index (κ2) is 3.59. The Morgan fingerprint density at radius 3 is 2.65 bits per heavy atom. The normalized spacial score (nSPS) is 10.9. The fraction of sp³-hybridized carbons (Fsp3) is 0.0769. The summed E-state index contributed by atoms with van der Waals surface area (Å²) >= 11 is 0. The summed E-state index contributed by atoms with van der Waals surface area (Å²) < 4.78 is 1.65. The lowest BCUT2D eigenvalue weighted by molar-refractivity contribution is 0.918. The van der Waals surface area contributed by atoms with Gasteiger partial charge in [-0.3, -0.25) is 0 Å². The molecule has 84 valence electrons. The van der Waals surface area contributed by atoms with Crippen molar-refractivity contribution in [1.29, 1.82) is 0 Å². The van der Waals surface area contributed by atoms with Crippen LogP contribution in [0, 0.1) is 6.92 Å². The van der Waals surface area contributed by atoms with Crippen LogP contribution in [0.2, 0.25) is 0 Å². The Labute approximate surface area is 98.7 Å². The van der Waals surface area contributed by atoms with Gasteiger partial charge in [-0.2, -0.15) is 5.10 Å². The van der Waals surface area contributed by atoms with Gasteiger partial charge in [0.05, 0.1) is 16.9 Å². The summed E-state index contributed by atoms with van der Waals surface area (Å²) in [6.45, 7) is 1.94. The molecule has 0 spiro atoms. The van der Waals surface area contributed by atoms with Crippen molar-refractivity contribution in [3.8, 4) is 11.3 Å². The van der Waals surface area contributed by atoms with Crippen molar-refractivity contribution in [2.75, 3.05) is 5.73 Å². The highest BCUT2D eigenvalue weighted by Crippen LogP contribution is 2.20. The molecule has 0 radical (unpaired) electrons.